The third-order valence-electron chi connectivity index (χ3n) is 3.26. The maximum atomic E-state index is 5.34. The lowest BCUT2D eigenvalue weighted by atomic mass is 10.2. The smallest absolute Gasteiger partial charge is 0.119 e. The largest absolute Gasteiger partial charge is 0.494 e. The molecule has 1 aromatic rings. The maximum Gasteiger partial charge on any atom is 0.119 e. The van der Waals surface area contributed by atoms with Gasteiger partial charge in [-0.2, -0.15) is 0 Å². The Bertz CT molecular complexity index is 530. The van der Waals surface area contributed by atoms with E-state index in [4.69, 9.17) is 4.74 Å². The number of aliphatic imine (C=N–C) groups is 1. The summed E-state index contributed by atoms with van der Waals surface area (Å²) in [5.74, 6) is 0.928. The molecule has 1 aromatic carbocycles. The Morgan fingerprint density at radius 2 is 1.75 bits per heavy atom. The molecule has 1 aliphatic heterocycles. The number of hydrogen-bond acceptors (Lipinski definition) is 4. The number of ether oxygens (including phenoxy) is 1. The van der Waals surface area contributed by atoms with Crippen LogP contribution >= 0.6 is 0 Å². The molecule has 0 spiro atoms. The Kier molecular flexibility index (Phi) is 9.16. The molecule has 0 aliphatic carbocycles. The highest BCUT2D eigenvalue weighted by molar-refractivity contribution is 5.98. The first-order valence-corrected chi connectivity index (χ1v) is 8.84. The van der Waals surface area contributed by atoms with E-state index in [1.165, 1.54) is 11.3 Å². The number of hydrogen-bond donors (Lipinski definition) is 2. The molecular weight excluding hydrogens is 298 g/mol. The van der Waals surface area contributed by atoms with Crippen LogP contribution in [0.5, 0.6) is 5.75 Å². The number of nitrogens with zero attached hydrogens (tertiary/aromatic N) is 1. The van der Waals surface area contributed by atoms with Gasteiger partial charge in [-0.3, -0.25) is 4.99 Å². The van der Waals surface area contributed by atoms with Crippen molar-refractivity contribution >= 4 is 11.4 Å². The minimum atomic E-state index is 0.470. The molecule has 4 nitrogen and oxygen atoms in total. The van der Waals surface area contributed by atoms with Gasteiger partial charge in [0.2, 0.25) is 0 Å². The van der Waals surface area contributed by atoms with E-state index >= 15 is 0 Å². The standard InChI is InChI=1S/C11H17NO.C9H16N2/c1-4-13-11-7-5-10(6-8-11)12-9(2)3;1-7(2)10-6-9-4-8(3)5-11-9/h5-9,12H,4H2,1-3H3;4,7,10H,5-6H2,1-3H3. The second kappa shape index (κ2) is 10.9. The van der Waals surface area contributed by atoms with Crippen molar-refractivity contribution in [2.45, 2.75) is 53.6 Å². The minimum Gasteiger partial charge on any atom is -0.494 e. The highest BCUT2D eigenvalue weighted by Crippen LogP contribution is 2.15. The van der Waals surface area contributed by atoms with Gasteiger partial charge in [0.15, 0.2) is 0 Å². The molecule has 0 saturated heterocycles. The van der Waals surface area contributed by atoms with Gasteiger partial charge in [0, 0.05) is 30.0 Å². The van der Waals surface area contributed by atoms with E-state index in [2.05, 4.69) is 56.3 Å². The SMILES string of the molecule is CC1=CC(CNC(C)C)=NC1.CCOc1ccc(NC(C)C)cc1. The molecule has 1 aliphatic rings. The second-order valence-corrected chi connectivity index (χ2v) is 6.59. The summed E-state index contributed by atoms with van der Waals surface area (Å²) in [6, 6.07) is 9.04. The van der Waals surface area contributed by atoms with Gasteiger partial charge in [-0.05, 0) is 58.0 Å². The van der Waals surface area contributed by atoms with E-state index in [1.807, 2.05) is 31.2 Å². The molecule has 0 unspecified atom stereocenters. The van der Waals surface area contributed by atoms with E-state index in [9.17, 15) is 0 Å². The Hall–Kier alpha value is -1.81. The fraction of sp³-hybridized carbons (Fsp3) is 0.550. The summed E-state index contributed by atoms with van der Waals surface area (Å²) in [5.41, 5.74) is 3.69. The lowest BCUT2D eigenvalue weighted by Crippen LogP contribution is -2.27. The van der Waals surface area contributed by atoms with Crippen LogP contribution in [0.2, 0.25) is 0 Å². The molecule has 0 aromatic heterocycles. The van der Waals surface area contributed by atoms with E-state index in [-0.39, 0.29) is 0 Å². The summed E-state index contributed by atoms with van der Waals surface area (Å²) >= 11 is 0. The zero-order chi connectivity index (χ0) is 17.9. The summed E-state index contributed by atoms with van der Waals surface area (Å²) in [4.78, 5) is 4.35. The van der Waals surface area contributed by atoms with Gasteiger partial charge in [-0.15, -0.1) is 0 Å². The minimum absolute atomic E-state index is 0.470. The summed E-state index contributed by atoms with van der Waals surface area (Å²) < 4.78 is 5.34. The van der Waals surface area contributed by atoms with Crippen LogP contribution < -0.4 is 15.4 Å². The molecule has 0 fully saturated rings. The van der Waals surface area contributed by atoms with Crippen LogP contribution in [0.4, 0.5) is 5.69 Å². The van der Waals surface area contributed by atoms with Gasteiger partial charge in [-0.25, -0.2) is 0 Å². The fourth-order valence-electron chi connectivity index (χ4n) is 2.16. The molecule has 0 radical (unpaired) electrons. The summed E-state index contributed by atoms with van der Waals surface area (Å²) in [6.45, 7) is 15.2. The van der Waals surface area contributed by atoms with Crippen molar-refractivity contribution in [1.29, 1.82) is 0 Å². The van der Waals surface area contributed by atoms with Crippen molar-refractivity contribution < 1.29 is 4.74 Å². The van der Waals surface area contributed by atoms with Crippen molar-refractivity contribution in [1.82, 2.24) is 5.32 Å². The first-order chi connectivity index (χ1) is 11.4. The summed E-state index contributed by atoms with van der Waals surface area (Å²) in [6.07, 6.45) is 2.16. The van der Waals surface area contributed by atoms with Crippen LogP contribution in [0.25, 0.3) is 0 Å². The number of benzene rings is 1. The third kappa shape index (κ3) is 8.73. The Morgan fingerprint density at radius 3 is 2.21 bits per heavy atom. The van der Waals surface area contributed by atoms with Crippen molar-refractivity contribution in [2.75, 3.05) is 25.0 Å². The first kappa shape index (κ1) is 20.2. The van der Waals surface area contributed by atoms with E-state index in [1.54, 1.807) is 0 Å². The predicted molar refractivity (Wildman–Crippen MR) is 106 cm³/mol. The quantitative estimate of drug-likeness (QED) is 0.783. The van der Waals surface area contributed by atoms with E-state index < -0.39 is 0 Å². The topological polar surface area (TPSA) is 45.7 Å². The molecule has 1 heterocycles. The van der Waals surface area contributed by atoms with Crippen LogP contribution in [0.1, 0.15) is 41.5 Å². The second-order valence-electron chi connectivity index (χ2n) is 6.59. The third-order valence-corrected chi connectivity index (χ3v) is 3.26. The Morgan fingerprint density at radius 1 is 1.08 bits per heavy atom. The van der Waals surface area contributed by atoms with E-state index in [0.717, 1.165) is 31.1 Å². The van der Waals surface area contributed by atoms with Crippen LogP contribution in [0, 0.1) is 0 Å². The highest BCUT2D eigenvalue weighted by Gasteiger charge is 2.03. The van der Waals surface area contributed by atoms with Gasteiger partial charge in [0.25, 0.3) is 0 Å². The molecule has 0 atom stereocenters. The van der Waals surface area contributed by atoms with Crippen molar-refractivity contribution in [2.24, 2.45) is 4.99 Å². The number of anilines is 1. The zero-order valence-electron chi connectivity index (χ0n) is 16.0. The zero-order valence-corrected chi connectivity index (χ0v) is 16.0. The lowest BCUT2D eigenvalue weighted by Gasteiger charge is -2.10. The predicted octanol–water partition coefficient (Wildman–Crippen LogP) is 4.29. The normalized spacial score (nSPS) is 13.3. The van der Waals surface area contributed by atoms with Crippen LogP contribution in [0.3, 0.4) is 0 Å². The van der Waals surface area contributed by atoms with Crippen LogP contribution in [0.15, 0.2) is 40.9 Å². The molecule has 0 bridgehead atoms. The lowest BCUT2D eigenvalue weighted by molar-refractivity contribution is 0.340. The Balaban J connectivity index is 0.000000243. The van der Waals surface area contributed by atoms with E-state index in [0.29, 0.717) is 12.1 Å². The fourth-order valence-corrected chi connectivity index (χ4v) is 2.16. The molecule has 0 amide bonds. The average molecular weight is 332 g/mol. The van der Waals surface area contributed by atoms with Gasteiger partial charge >= 0.3 is 0 Å². The molecule has 2 N–H and O–H groups in total. The van der Waals surface area contributed by atoms with Gasteiger partial charge in [0.1, 0.15) is 5.75 Å². The van der Waals surface area contributed by atoms with Crippen molar-refractivity contribution in [3.05, 3.63) is 35.9 Å². The average Bonchev–Trinajstić information content (AvgIpc) is 2.93. The maximum absolute atomic E-state index is 5.34. The molecule has 134 valence electrons. The van der Waals surface area contributed by atoms with Crippen molar-refractivity contribution in [3.8, 4) is 5.75 Å². The number of rotatable bonds is 7. The monoisotopic (exact) mass is 331 g/mol. The first-order valence-electron chi connectivity index (χ1n) is 8.84. The molecule has 4 heteroatoms. The van der Waals surface area contributed by atoms with Crippen LogP contribution in [-0.2, 0) is 0 Å². The molecular formula is C20H33N3O. The van der Waals surface area contributed by atoms with Crippen LogP contribution in [-0.4, -0.2) is 37.5 Å². The van der Waals surface area contributed by atoms with Gasteiger partial charge < -0.3 is 15.4 Å². The van der Waals surface area contributed by atoms with Crippen molar-refractivity contribution in [3.63, 3.8) is 0 Å². The molecule has 2 rings (SSSR count). The summed E-state index contributed by atoms with van der Waals surface area (Å²) in [7, 11) is 0. The molecule has 0 saturated carbocycles. The number of nitrogens with one attached hydrogen (secondary N) is 2. The summed E-state index contributed by atoms with van der Waals surface area (Å²) in [5, 5.41) is 6.65. The molecule has 24 heavy (non-hydrogen) atoms. The highest BCUT2D eigenvalue weighted by atomic mass is 16.5. The Labute approximate surface area is 147 Å². The van der Waals surface area contributed by atoms with Gasteiger partial charge in [0.05, 0.1) is 13.2 Å². The van der Waals surface area contributed by atoms with Gasteiger partial charge in [-0.1, -0.05) is 19.4 Å².